The van der Waals surface area contributed by atoms with Gasteiger partial charge in [-0.2, -0.15) is 0 Å². The molecule has 9 aromatic rings. The Kier molecular flexibility index (Phi) is 5.34. The summed E-state index contributed by atoms with van der Waals surface area (Å²) in [5, 5.41) is 4.85. The number of benzene rings is 7. The van der Waals surface area contributed by atoms with E-state index in [1.165, 1.54) is 77.5 Å². The molecule has 1 unspecified atom stereocenters. The number of nitrogens with zero attached hydrogens (tertiary/aromatic N) is 2. The number of rotatable bonds is 2. The lowest BCUT2D eigenvalue weighted by atomic mass is 9.61. The van der Waals surface area contributed by atoms with Gasteiger partial charge in [0.15, 0.2) is 0 Å². The Balaban J connectivity index is 1.16. The first kappa shape index (κ1) is 26.7. The lowest BCUT2D eigenvalue weighted by Crippen LogP contribution is -2.31. The summed E-state index contributed by atoms with van der Waals surface area (Å²) >= 11 is 0. The van der Waals surface area contributed by atoms with Crippen molar-refractivity contribution in [2.45, 2.75) is 5.41 Å². The molecular formula is C47H28N2. The Morgan fingerprint density at radius 3 is 1.78 bits per heavy atom. The summed E-state index contributed by atoms with van der Waals surface area (Å²) in [6.45, 7) is 0. The number of hydrogen-bond donors (Lipinski definition) is 0. The molecule has 1 atom stereocenters. The van der Waals surface area contributed by atoms with Crippen LogP contribution in [0.25, 0.3) is 77.1 Å². The molecule has 0 saturated carbocycles. The van der Waals surface area contributed by atoms with Crippen LogP contribution in [0.3, 0.4) is 0 Å². The molecule has 226 valence electrons. The smallest absolute Gasteiger partial charge is 0.0970 e. The molecule has 0 fully saturated rings. The molecule has 0 aliphatic heterocycles. The van der Waals surface area contributed by atoms with Crippen molar-refractivity contribution in [1.29, 1.82) is 0 Å². The first-order valence-corrected chi connectivity index (χ1v) is 16.9. The van der Waals surface area contributed by atoms with Crippen molar-refractivity contribution in [1.82, 2.24) is 9.97 Å². The lowest BCUT2D eigenvalue weighted by Gasteiger charge is -2.40. The molecule has 1 spiro atoms. The molecule has 2 heteroatoms. The van der Waals surface area contributed by atoms with Gasteiger partial charge in [-0.3, -0.25) is 9.97 Å². The van der Waals surface area contributed by atoms with Crippen molar-refractivity contribution < 1.29 is 0 Å². The molecule has 0 radical (unpaired) electrons. The van der Waals surface area contributed by atoms with E-state index >= 15 is 0 Å². The highest BCUT2D eigenvalue weighted by atomic mass is 14.7. The summed E-state index contributed by atoms with van der Waals surface area (Å²) in [6, 6.07) is 58.3. The quantitative estimate of drug-likeness (QED) is 0.180. The maximum Gasteiger partial charge on any atom is 0.0970 e. The number of aromatic nitrogens is 2. The van der Waals surface area contributed by atoms with E-state index < -0.39 is 5.41 Å². The van der Waals surface area contributed by atoms with Crippen LogP contribution in [0, 0.1) is 0 Å². The first-order valence-electron chi connectivity index (χ1n) is 16.9. The predicted octanol–water partition coefficient (Wildman–Crippen LogP) is 11.6. The molecule has 2 aromatic heterocycles. The Morgan fingerprint density at radius 2 is 0.939 bits per heavy atom. The SMILES string of the molecule is c1ccc2c(c1)-c1c(-c3ccc(-c4cc5cccnc5c5ncccc45)cc3)cccc1C21c2ccccc2-c2cccc3cccc1c23. The molecule has 0 saturated heterocycles. The third-order valence-electron chi connectivity index (χ3n) is 11.0. The molecule has 2 nitrogen and oxygen atoms in total. The van der Waals surface area contributed by atoms with Gasteiger partial charge in [0, 0.05) is 23.2 Å². The maximum atomic E-state index is 4.74. The summed E-state index contributed by atoms with van der Waals surface area (Å²) in [6.07, 6.45) is 3.70. The highest BCUT2D eigenvalue weighted by Gasteiger charge is 2.50. The second-order valence-electron chi connectivity index (χ2n) is 13.3. The van der Waals surface area contributed by atoms with E-state index in [0.29, 0.717) is 0 Å². The van der Waals surface area contributed by atoms with Crippen LogP contribution in [-0.4, -0.2) is 9.97 Å². The molecule has 2 aliphatic rings. The molecule has 0 N–H and O–H groups in total. The molecular weight excluding hydrogens is 593 g/mol. The topological polar surface area (TPSA) is 25.8 Å². The normalized spacial score (nSPS) is 15.4. The molecule has 49 heavy (non-hydrogen) atoms. The standard InChI is InChI=1S/C47H28N2/c1-3-18-39-34(13-1)35-16-5-10-31-11-6-20-41(43(31)35)47(39)40-19-4-2-14-37(40)44-33(15-7-21-42(44)47)29-22-24-30(25-23-29)38-28-32-12-8-26-48-45(32)46-36(38)17-9-27-49-46/h1-28H. The fraction of sp³-hybridized carbons (Fsp3) is 0.0213. The van der Waals surface area contributed by atoms with Gasteiger partial charge in [0.2, 0.25) is 0 Å². The summed E-state index contributed by atoms with van der Waals surface area (Å²) < 4.78 is 0. The van der Waals surface area contributed by atoms with Crippen molar-refractivity contribution >= 4 is 32.6 Å². The Morgan fingerprint density at radius 1 is 0.367 bits per heavy atom. The van der Waals surface area contributed by atoms with Crippen LogP contribution in [0.4, 0.5) is 0 Å². The lowest BCUT2D eigenvalue weighted by molar-refractivity contribution is 0.773. The van der Waals surface area contributed by atoms with E-state index in [0.717, 1.165) is 21.8 Å². The molecule has 0 amide bonds. The van der Waals surface area contributed by atoms with Crippen LogP contribution in [0.5, 0.6) is 0 Å². The maximum absolute atomic E-state index is 4.74. The predicted molar refractivity (Wildman–Crippen MR) is 202 cm³/mol. The van der Waals surface area contributed by atoms with E-state index in [9.17, 15) is 0 Å². The number of hydrogen-bond acceptors (Lipinski definition) is 2. The molecule has 0 bridgehead atoms. The van der Waals surface area contributed by atoms with Gasteiger partial charge < -0.3 is 0 Å². The summed E-state index contributed by atoms with van der Waals surface area (Å²) in [7, 11) is 0. The highest BCUT2D eigenvalue weighted by molar-refractivity contribution is 6.11. The zero-order valence-electron chi connectivity index (χ0n) is 26.6. The average molecular weight is 621 g/mol. The monoisotopic (exact) mass is 620 g/mol. The minimum absolute atomic E-state index is 0.419. The number of fused-ring (bicyclic) bond motifs is 12. The van der Waals surface area contributed by atoms with E-state index in [2.05, 4.69) is 151 Å². The van der Waals surface area contributed by atoms with Crippen LogP contribution >= 0.6 is 0 Å². The third kappa shape index (κ3) is 3.45. The highest BCUT2D eigenvalue weighted by Crippen LogP contribution is 2.63. The zero-order chi connectivity index (χ0) is 32.1. The second-order valence-corrected chi connectivity index (χ2v) is 13.3. The van der Waals surface area contributed by atoms with Gasteiger partial charge >= 0.3 is 0 Å². The molecule has 7 aromatic carbocycles. The van der Waals surface area contributed by atoms with E-state index in [4.69, 9.17) is 4.98 Å². The van der Waals surface area contributed by atoms with Gasteiger partial charge in [0.05, 0.1) is 16.4 Å². The van der Waals surface area contributed by atoms with Crippen molar-refractivity contribution in [2.24, 2.45) is 0 Å². The first-order chi connectivity index (χ1) is 24.3. The van der Waals surface area contributed by atoms with Gasteiger partial charge in [-0.25, -0.2) is 0 Å². The van der Waals surface area contributed by atoms with Gasteiger partial charge in [-0.1, -0.05) is 140 Å². The van der Waals surface area contributed by atoms with Crippen LogP contribution in [0.1, 0.15) is 22.3 Å². The van der Waals surface area contributed by atoms with Gasteiger partial charge in [-0.05, 0) is 95.7 Å². The fourth-order valence-electron chi connectivity index (χ4n) is 9.06. The fourth-order valence-corrected chi connectivity index (χ4v) is 9.06. The Bertz CT molecular complexity index is 2820. The average Bonchev–Trinajstić information content (AvgIpc) is 3.47. The summed E-state index contributed by atoms with van der Waals surface area (Å²) in [5.74, 6) is 0. The van der Waals surface area contributed by atoms with Gasteiger partial charge in [0.1, 0.15) is 0 Å². The van der Waals surface area contributed by atoms with Crippen molar-refractivity contribution in [3.63, 3.8) is 0 Å². The summed E-state index contributed by atoms with van der Waals surface area (Å²) in [4.78, 5) is 9.41. The molecule has 2 aliphatic carbocycles. The zero-order valence-corrected chi connectivity index (χ0v) is 26.6. The van der Waals surface area contributed by atoms with Crippen molar-refractivity contribution in [2.75, 3.05) is 0 Å². The van der Waals surface area contributed by atoms with Crippen molar-refractivity contribution in [3.05, 3.63) is 192 Å². The van der Waals surface area contributed by atoms with Crippen LogP contribution in [-0.2, 0) is 5.41 Å². The van der Waals surface area contributed by atoms with Crippen LogP contribution in [0.15, 0.2) is 170 Å². The molecule has 2 heterocycles. The van der Waals surface area contributed by atoms with Crippen LogP contribution < -0.4 is 0 Å². The van der Waals surface area contributed by atoms with Crippen LogP contribution in [0.2, 0.25) is 0 Å². The number of pyridine rings is 2. The summed E-state index contributed by atoms with van der Waals surface area (Å²) in [5.41, 5.74) is 16.9. The minimum Gasteiger partial charge on any atom is -0.254 e. The van der Waals surface area contributed by atoms with Gasteiger partial charge in [-0.15, -0.1) is 0 Å². The third-order valence-corrected chi connectivity index (χ3v) is 11.0. The largest absolute Gasteiger partial charge is 0.254 e. The second kappa shape index (κ2) is 9.82. The van der Waals surface area contributed by atoms with E-state index in [1.54, 1.807) is 0 Å². The van der Waals surface area contributed by atoms with Gasteiger partial charge in [0.25, 0.3) is 0 Å². The van der Waals surface area contributed by atoms with E-state index in [1.807, 2.05) is 24.5 Å². The molecule has 11 rings (SSSR count). The Hall–Kier alpha value is -6.38. The minimum atomic E-state index is -0.419. The van der Waals surface area contributed by atoms with E-state index in [-0.39, 0.29) is 0 Å². The Labute approximate surface area is 284 Å². The van der Waals surface area contributed by atoms with Crippen molar-refractivity contribution in [3.8, 4) is 44.5 Å².